The molecule has 20 heavy (non-hydrogen) atoms. The van der Waals surface area contributed by atoms with Crippen LogP contribution in [0, 0.1) is 0 Å². The van der Waals surface area contributed by atoms with Gasteiger partial charge in [0.1, 0.15) is 6.10 Å². The van der Waals surface area contributed by atoms with Gasteiger partial charge < -0.3 is 10.1 Å². The third-order valence-corrected chi connectivity index (χ3v) is 3.45. The molecule has 0 spiro atoms. The monoisotopic (exact) mass is 269 g/mol. The minimum Gasteiger partial charge on any atom is -0.369 e. The van der Waals surface area contributed by atoms with Gasteiger partial charge in [-0.15, -0.1) is 0 Å². The first kappa shape index (κ1) is 13.2. The van der Waals surface area contributed by atoms with Crippen molar-refractivity contribution in [2.24, 2.45) is 0 Å². The third-order valence-electron chi connectivity index (χ3n) is 3.45. The summed E-state index contributed by atoms with van der Waals surface area (Å²) in [5.74, 6) is 0.716. The summed E-state index contributed by atoms with van der Waals surface area (Å²) in [6.45, 7) is 0.797. The molecular weight excluding hydrogens is 250 g/mol. The molecule has 104 valence electrons. The summed E-state index contributed by atoms with van der Waals surface area (Å²) in [4.78, 5) is 8.99. The van der Waals surface area contributed by atoms with Gasteiger partial charge in [-0.25, -0.2) is 9.97 Å². The van der Waals surface area contributed by atoms with Crippen LogP contribution in [0.3, 0.4) is 0 Å². The molecule has 1 saturated carbocycles. The van der Waals surface area contributed by atoms with Gasteiger partial charge in [0.2, 0.25) is 0 Å². The molecule has 4 heteroatoms. The van der Waals surface area contributed by atoms with Crippen molar-refractivity contribution in [1.29, 1.82) is 0 Å². The van der Waals surface area contributed by atoms with Crippen molar-refractivity contribution in [3.63, 3.8) is 0 Å². The van der Waals surface area contributed by atoms with Crippen LogP contribution in [0.1, 0.15) is 36.0 Å². The highest BCUT2D eigenvalue weighted by atomic mass is 16.5. The SMILES string of the molecule is COC(c1ccccc1)c1nccc(CNC2CC2)n1. The van der Waals surface area contributed by atoms with Crippen molar-refractivity contribution < 1.29 is 4.74 Å². The Morgan fingerprint density at radius 1 is 1.25 bits per heavy atom. The highest BCUT2D eigenvalue weighted by Gasteiger charge is 2.21. The van der Waals surface area contributed by atoms with Crippen LogP contribution in [-0.4, -0.2) is 23.1 Å². The summed E-state index contributed by atoms with van der Waals surface area (Å²) in [7, 11) is 1.69. The lowest BCUT2D eigenvalue weighted by Gasteiger charge is -2.15. The quantitative estimate of drug-likeness (QED) is 0.875. The van der Waals surface area contributed by atoms with E-state index < -0.39 is 0 Å². The van der Waals surface area contributed by atoms with Crippen molar-refractivity contribution in [3.8, 4) is 0 Å². The number of methoxy groups -OCH3 is 1. The van der Waals surface area contributed by atoms with E-state index in [0.29, 0.717) is 11.9 Å². The minimum atomic E-state index is -0.211. The Bertz CT molecular complexity index is 555. The standard InChI is InChI=1S/C16H19N3O/c1-20-15(12-5-3-2-4-6-12)16-17-10-9-14(19-16)11-18-13-7-8-13/h2-6,9-10,13,15,18H,7-8,11H2,1H3. The lowest BCUT2D eigenvalue weighted by atomic mass is 10.1. The Morgan fingerprint density at radius 2 is 2.05 bits per heavy atom. The average Bonchev–Trinajstić information content (AvgIpc) is 3.32. The summed E-state index contributed by atoms with van der Waals surface area (Å²) in [5.41, 5.74) is 2.09. The Balaban J connectivity index is 1.78. The molecule has 4 nitrogen and oxygen atoms in total. The van der Waals surface area contributed by atoms with Crippen molar-refractivity contribution in [2.75, 3.05) is 7.11 Å². The van der Waals surface area contributed by atoms with Crippen molar-refractivity contribution in [1.82, 2.24) is 15.3 Å². The Kier molecular flexibility index (Phi) is 4.04. The molecule has 1 aromatic carbocycles. The molecule has 0 aliphatic heterocycles. The number of hydrogen-bond acceptors (Lipinski definition) is 4. The summed E-state index contributed by atoms with van der Waals surface area (Å²) in [6.07, 6.45) is 4.16. The molecule has 3 rings (SSSR count). The number of ether oxygens (including phenoxy) is 1. The summed E-state index contributed by atoms with van der Waals surface area (Å²) >= 11 is 0. The van der Waals surface area contributed by atoms with E-state index in [1.54, 1.807) is 13.3 Å². The lowest BCUT2D eigenvalue weighted by molar-refractivity contribution is 0.128. The Morgan fingerprint density at radius 3 is 2.75 bits per heavy atom. The highest BCUT2D eigenvalue weighted by molar-refractivity contribution is 5.23. The van der Waals surface area contributed by atoms with E-state index in [1.807, 2.05) is 36.4 Å². The molecule has 0 saturated heterocycles. The zero-order valence-electron chi connectivity index (χ0n) is 11.6. The minimum absolute atomic E-state index is 0.211. The second kappa shape index (κ2) is 6.11. The van der Waals surface area contributed by atoms with Crippen molar-refractivity contribution in [3.05, 3.63) is 59.7 Å². The fourth-order valence-corrected chi connectivity index (χ4v) is 2.19. The molecule has 1 atom stereocenters. The molecule has 0 radical (unpaired) electrons. The first-order valence-electron chi connectivity index (χ1n) is 7.00. The molecule has 2 aromatic rings. The largest absolute Gasteiger partial charge is 0.369 e. The van der Waals surface area contributed by atoms with Gasteiger partial charge in [0, 0.05) is 25.9 Å². The molecular formula is C16H19N3O. The number of benzene rings is 1. The molecule has 1 heterocycles. The number of nitrogens with one attached hydrogen (secondary N) is 1. The summed E-state index contributed by atoms with van der Waals surface area (Å²) in [5, 5.41) is 3.47. The van der Waals surface area contributed by atoms with E-state index in [9.17, 15) is 0 Å². The fourth-order valence-electron chi connectivity index (χ4n) is 2.19. The summed E-state index contributed by atoms with van der Waals surface area (Å²) < 4.78 is 5.57. The smallest absolute Gasteiger partial charge is 0.162 e. The van der Waals surface area contributed by atoms with Gasteiger partial charge in [0.15, 0.2) is 5.82 Å². The molecule has 0 bridgehead atoms. The highest BCUT2D eigenvalue weighted by Crippen LogP contribution is 2.22. The van der Waals surface area contributed by atoms with Crippen LogP contribution in [0.5, 0.6) is 0 Å². The molecule has 1 N–H and O–H groups in total. The topological polar surface area (TPSA) is 47.0 Å². The van der Waals surface area contributed by atoms with Crippen LogP contribution >= 0.6 is 0 Å². The first-order valence-corrected chi connectivity index (χ1v) is 7.00. The van der Waals surface area contributed by atoms with Crippen molar-refractivity contribution in [2.45, 2.75) is 31.5 Å². The molecule has 0 amide bonds. The van der Waals surface area contributed by atoms with Crippen LogP contribution in [0.4, 0.5) is 0 Å². The van der Waals surface area contributed by atoms with E-state index in [1.165, 1.54) is 12.8 Å². The second-order valence-corrected chi connectivity index (χ2v) is 5.09. The van der Waals surface area contributed by atoms with Gasteiger partial charge in [-0.3, -0.25) is 0 Å². The second-order valence-electron chi connectivity index (χ2n) is 5.09. The van der Waals surface area contributed by atoms with E-state index in [2.05, 4.69) is 15.3 Å². The first-order chi connectivity index (χ1) is 9.86. The maximum atomic E-state index is 5.57. The summed E-state index contributed by atoms with van der Waals surface area (Å²) in [6, 6.07) is 12.7. The molecule has 1 aliphatic rings. The average molecular weight is 269 g/mol. The number of aromatic nitrogens is 2. The van der Waals surface area contributed by atoms with Gasteiger partial charge in [0.25, 0.3) is 0 Å². The molecule has 1 fully saturated rings. The fraction of sp³-hybridized carbons (Fsp3) is 0.375. The maximum Gasteiger partial charge on any atom is 0.162 e. The predicted molar refractivity (Wildman–Crippen MR) is 77.2 cm³/mol. The number of rotatable bonds is 6. The van der Waals surface area contributed by atoms with E-state index in [0.717, 1.165) is 17.8 Å². The Hall–Kier alpha value is -1.78. The zero-order valence-corrected chi connectivity index (χ0v) is 11.6. The van der Waals surface area contributed by atoms with E-state index in [-0.39, 0.29) is 6.10 Å². The van der Waals surface area contributed by atoms with Gasteiger partial charge in [-0.2, -0.15) is 0 Å². The molecule has 1 aromatic heterocycles. The van der Waals surface area contributed by atoms with Gasteiger partial charge in [-0.1, -0.05) is 30.3 Å². The van der Waals surface area contributed by atoms with E-state index >= 15 is 0 Å². The zero-order chi connectivity index (χ0) is 13.8. The van der Waals surface area contributed by atoms with Crippen LogP contribution in [-0.2, 0) is 11.3 Å². The third kappa shape index (κ3) is 3.21. The predicted octanol–water partition coefficient (Wildman–Crippen LogP) is 2.46. The van der Waals surface area contributed by atoms with Crippen LogP contribution in [0.15, 0.2) is 42.6 Å². The maximum absolute atomic E-state index is 5.57. The van der Waals surface area contributed by atoms with Crippen LogP contribution in [0.25, 0.3) is 0 Å². The van der Waals surface area contributed by atoms with Crippen LogP contribution in [0.2, 0.25) is 0 Å². The van der Waals surface area contributed by atoms with Crippen molar-refractivity contribution >= 4 is 0 Å². The molecule has 1 unspecified atom stereocenters. The van der Waals surface area contributed by atoms with Gasteiger partial charge in [-0.05, 0) is 24.5 Å². The lowest BCUT2D eigenvalue weighted by Crippen LogP contribution is -2.17. The van der Waals surface area contributed by atoms with Crippen LogP contribution < -0.4 is 5.32 Å². The number of hydrogen-bond donors (Lipinski definition) is 1. The Labute approximate surface area is 119 Å². The van der Waals surface area contributed by atoms with E-state index in [4.69, 9.17) is 4.74 Å². The normalized spacial score (nSPS) is 16.1. The van der Waals surface area contributed by atoms with Gasteiger partial charge in [0.05, 0.1) is 5.69 Å². The number of nitrogens with zero attached hydrogens (tertiary/aromatic N) is 2. The molecule has 1 aliphatic carbocycles. The van der Waals surface area contributed by atoms with Gasteiger partial charge >= 0.3 is 0 Å².